The van der Waals surface area contributed by atoms with Crippen molar-refractivity contribution < 1.29 is 9.59 Å². The van der Waals surface area contributed by atoms with Crippen LogP contribution in [0.5, 0.6) is 0 Å². The predicted octanol–water partition coefficient (Wildman–Crippen LogP) is 3.21. The summed E-state index contributed by atoms with van der Waals surface area (Å²) in [7, 11) is 0. The van der Waals surface area contributed by atoms with E-state index in [4.69, 9.17) is 0 Å². The lowest BCUT2D eigenvalue weighted by Crippen LogP contribution is -2.28. The predicted molar refractivity (Wildman–Crippen MR) is 98.7 cm³/mol. The average molecular weight is 354 g/mol. The number of amides is 2. The molecule has 6 nitrogen and oxygen atoms in total. The number of hydrogen-bond acceptors (Lipinski definition) is 4. The highest BCUT2D eigenvalue weighted by Gasteiger charge is 2.10. The molecule has 2 heterocycles. The molecule has 2 aromatic heterocycles. The molecule has 0 saturated carbocycles. The van der Waals surface area contributed by atoms with Gasteiger partial charge in [0.1, 0.15) is 0 Å². The van der Waals surface area contributed by atoms with Gasteiger partial charge in [0.05, 0.1) is 10.6 Å². The van der Waals surface area contributed by atoms with Gasteiger partial charge >= 0.3 is 0 Å². The maximum atomic E-state index is 12.1. The Morgan fingerprint density at radius 3 is 2.80 bits per heavy atom. The highest BCUT2D eigenvalue weighted by molar-refractivity contribution is 7.13. The molecule has 0 fully saturated rings. The first-order chi connectivity index (χ1) is 12.1. The number of aromatic nitrogens is 2. The minimum atomic E-state index is -0.200. The molecule has 0 aliphatic rings. The molecule has 0 bridgehead atoms. The van der Waals surface area contributed by atoms with Gasteiger partial charge in [0.2, 0.25) is 5.91 Å². The molecule has 0 aliphatic carbocycles. The number of carbonyl (C=O) groups excluding carboxylic acids is 2. The summed E-state index contributed by atoms with van der Waals surface area (Å²) in [6.07, 6.45) is 0.179. The number of benzene rings is 1. The first kappa shape index (κ1) is 16.9. The van der Waals surface area contributed by atoms with E-state index in [-0.39, 0.29) is 24.8 Å². The minimum absolute atomic E-state index is 0.175. The zero-order chi connectivity index (χ0) is 17.6. The third-order valence-electron chi connectivity index (χ3n) is 3.66. The van der Waals surface area contributed by atoms with Gasteiger partial charge in [-0.15, -0.1) is 11.3 Å². The second kappa shape index (κ2) is 7.76. The summed E-state index contributed by atoms with van der Waals surface area (Å²) in [4.78, 5) is 25.1. The summed E-state index contributed by atoms with van der Waals surface area (Å²) in [6.45, 7) is 2.14. The van der Waals surface area contributed by atoms with E-state index in [1.807, 2.05) is 42.6 Å². The Labute approximate surface area is 149 Å². The standard InChI is InChI=1S/C18H18N4O2S/c1-12-5-2-3-6-13(12)18(24)19-9-8-17(23)20-16-11-14(21-22-16)15-7-4-10-25-15/h2-7,10-11H,8-9H2,1H3,(H,19,24)(H2,20,21,22,23). The second-order valence-electron chi connectivity index (χ2n) is 5.51. The maximum Gasteiger partial charge on any atom is 0.251 e. The number of aromatic amines is 1. The normalized spacial score (nSPS) is 10.4. The number of aryl methyl sites for hydroxylation is 1. The fourth-order valence-electron chi connectivity index (χ4n) is 2.36. The van der Waals surface area contributed by atoms with Gasteiger partial charge in [0, 0.05) is 24.6 Å². The molecule has 3 rings (SSSR count). The van der Waals surface area contributed by atoms with Gasteiger partial charge in [-0.1, -0.05) is 24.3 Å². The van der Waals surface area contributed by atoms with E-state index in [1.54, 1.807) is 23.5 Å². The van der Waals surface area contributed by atoms with E-state index in [2.05, 4.69) is 20.8 Å². The Morgan fingerprint density at radius 2 is 2.04 bits per heavy atom. The van der Waals surface area contributed by atoms with Gasteiger partial charge in [0.15, 0.2) is 5.82 Å². The van der Waals surface area contributed by atoms with Gasteiger partial charge in [-0.3, -0.25) is 14.7 Å². The summed E-state index contributed by atoms with van der Waals surface area (Å²) in [5.74, 6) is 0.0959. The summed E-state index contributed by atoms with van der Waals surface area (Å²) in [6, 6.07) is 13.1. The van der Waals surface area contributed by atoms with Crippen LogP contribution in [0.15, 0.2) is 47.8 Å². The number of carbonyl (C=O) groups is 2. The van der Waals surface area contributed by atoms with Crippen molar-refractivity contribution in [2.45, 2.75) is 13.3 Å². The summed E-state index contributed by atoms with van der Waals surface area (Å²) in [5, 5.41) is 14.4. The quantitative estimate of drug-likeness (QED) is 0.635. The molecule has 3 aromatic rings. The topological polar surface area (TPSA) is 86.9 Å². The lowest BCUT2D eigenvalue weighted by atomic mass is 10.1. The molecule has 7 heteroatoms. The number of anilines is 1. The van der Waals surface area contributed by atoms with Crippen molar-refractivity contribution >= 4 is 29.0 Å². The Hall–Kier alpha value is -2.93. The van der Waals surface area contributed by atoms with Crippen molar-refractivity contribution in [2.75, 3.05) is 11.9 Å². The van der Waals surface area contributed by atoms with Crippen molar-refractivity contribution in [2.24, 2.45) is 0 Å². The lowest BCUT2D eigenvalue weighted by Gasteiger charge is -2.07. The summed E-state index contributed by atoms with van der Waals surface area (Å²) >= 11 is 1.59. The number of nitrogens with one attached hydrogen (secondary N) is 3. The maximum absolute atomic E-state index is 12.1. The van der Waals surface area contributed by atoms with Crippen molar-refractivity contribution in [3.8, 4) is 10.6 Å². The molecule has 0 saturated heterocycles. The van der Waals surface area contributed by atoms with Crippen LogP contribution in [0.3, 0.4) is 0 Å². The number of thiophene rings is 1. The van der Waals surface area contributed by atoms with Crippen molar-refractivity contribution in [3.05, 3.63) is 59.0 Å². The molecule has 1 aromatic carbocycles. The fourth-order valence-corrected chi connectivity index (χ4v) is 3.05. The monoisotopic (exact) mass is 354 g/mol. The number of H-pyrrole nitrogens is 1. The largest absolute Gasteiger partial charge is 0.352 e. The SMILES string of the molecule is Cc1ccccc1C(=O)NCCC(=O)Nc1cc(-c2cccs2)[nH]n1. The van der Waals surface area contributed by atoms with E-state index in [0.717, 1.165) is 16.1 Å². The molecule has 0 atom stereocenters. The van der Waals surface area contributed by atoms with Crippen molar-refractivity contribution in [1.29, 1.82) is 0 Å². The van der Waals surface area contributed by atoms with Gasteiger partial charge in [0.25, 0.3) is 5.91 Å². The molecule has 0 radical (unpaired) electrons. The molecule has 0 spiro atoms. The van der Waals surface area contributed by atoms with Crippen LogP contribution in [0, 0.1) is 6.92 Å². The van der Waals surface area contributed by atoms with Crippen LogP contribution >= 0.6 is 11.3 Å². The molecular weight excluding hydrogens is 336 g/mol. The fraction of sp³-hybridized carbons (Fsp3) is 0.167. The smallest absolute Gasteiger partial charge is 0.251 e. The first-order valence-electron chi connectivity index (χ1n) is 7.86. The third kappa shape index (κ3) is 4.33. The van der Waals surface area contributed by atoms with Crippen molar-refractivity contribution in [1.82, 2.24) is 15.5 Å². The van der Waals surface area contributed by atoms with Crippen LogP contribution in [0.1, 0.15) is 22.3 Å². The molecule has 3 N–H and O–H groups in total. The van der Waals surface area contributed by atoms with E-state index < -0.39 is 0 Å². The molecule has 128 valence electrons. The van der Waals surface area contributed by atoms with Crippen LogP contribution in [-0.2, 0) is 4.79 Å². The Kier molecular flexibility index (Phi) is 5.25. The van der Waals surface area contributed by atoms with Crippen LogP contribution in [-0.4, -0.2) is 28.6 Å². The van der Waals surface area contributed by atoms with E-state index in [0.29, 0.717) is 11.4 Å². The molecule has 25 heavy (non-hydrogen) atoms. The third-order valence-corrected chi connectivity index (χ3v) is 4.56. The molecule has 0 unspecified atom stereocenters. The minimum Gasteiger partial charge on any atom is -0.352 e. The Balaban J connectivity index is 1.47. The lowest BCUT2D eigenvalue weighted by molar-refractivity contribution is -0.116. The van der Waals surface area contributed by atoms with Crippen LogP contribution in [0.25, 0.3) is 10.6 Å². The number of hydrogen-bond donors (Lipinski definition) is 3. The Morgan fingerprint density at radius 1 is 1.20 bits per heavy atom. The second-order valence-corrected chi connectivity index (χ2v) is 6.46. The van der Waals surface area contributed by atoms with E-state index in [1.165, 1.54) is 0 Å². The van der Waals surface area contributed by atoms with Crippen LogP contribution < -0.4 is 10.6 Å². The van der Waals surface area contributed by atoms with E-state index >= 15 is 0 Å². The van der Waals surface area contributed by atoms with Crippen LogP contribution in [0.2, 0.25) is 0 Å². The summed E-state index contributed by atoms with van der Waals surface area (Å²) < 4.78 is 0. The average Bonchev–Trinajstić information content (AvgIpc) is 3.26. The first-order valence-corrected chi connectivity index (χ1v) is 8.74. The summed E-state index contributed by atoms with van der Waals surface area (Å²) in [5.41, 5.74) is 2.39. The molecule has 0 aliphatic heterocycles. The van der Waals surface area contributed by atoms with Gasteiger partial charge in [-0.2, -0.15) is 5.10 Å². The van der Waals surface area contributed by atoms with Gasteiger partial charge in [-0.25, -0.2) is 0 Å². The highest BCUT2D eigenvalue weighted by atomic mass is 32.1. The number of nitrogens with zero attached hydrogens (tertiary/aromatic N) is 1. The zero-order valence-corrected chi connectivity index (χ0v) is 14.5. The van der Waals surface area contributed by atoms with Crippen molar-refractivity contribution in [3.63, 3.8) is 0 Å². The number of rotatable bonds is 6. The molecular formula is C18H18N4O2S. The van der Waals surface area contributed by atoms with Gasteiger partial charge < -0.3 is 10.6 Å². The van der Waals surface area contributed by atoms with E-state index in [9.17, 15) is 9.59 Å². The van der Waals surface area contributed by atoms with Crippen LogP contribution in [0.4, 0.5) is 5.82 Å². The molecule has 2 amide bonds. The zero-order valence-electron chi connectivity index (χ0n) is 13.7. The van der Waals surface area contributed by atoms with Gasteiger partial charge in [-0.05, 0) is 30.0 Å². The highest BCUT2D eigenvalue weighted by Crippen LogP contribution is 2.24. The Bertz CT molecular complexity index is 871.